The Morgan fingerprint density at radius 2 is 2.38 bits per heavy atom. The normalized spacial score (nSPS) is 11.7. The highest BCUT2D eigenvalue weighted by Crippen LogP contribution is 2.06. The van der Waals surface area contributed by atoms with Crippen LogP contribution in [0.2, 0.25) is 5.15 Å². The quantitative estimate of drug-likeness (QED) is 0.479. The van der Waals surface area contributed by atoms with Gasteiger partial charge in [0.2, 0.25) is 4.80 Å². The van der Waals surface area contributed by atoms with E-state index >= 15 is 0 Å². The summed E-state index contributed by atoms with van der Waals surface area (Å²) in [5, 5.41) is 8.30. The number of hydrogen-bond donors (Lipinski definition) is 0. The van der Waals surface area contributed by atoms with Crippen molar-refractivity contribution < 1.29 is 0 Å². The van der Waals surface area contributed by atoms with Crippen molar-refractivity contribution in [2.45, 2.75) is 6.54 Å². The van der Waals surface area contributed by atoms with Gasteiger partial charge in [0.1, 0.15) is 5.15 Å². The van der Waals surface area contributed by atoms with Gasteiger partial charge in [0.25, 0.3) is 0 Å². The van der Waals surface area contributed by atoms with Crippen molar-refractivity contribution in [2.75, 3.05) is 0 Å². The molecule has 82 valence electrons. The summed E-state index contributed by atoms with van der Waals surface area (Å²) in [4.78, 5) is 14.6. The van der Waals surface area contributed by atoms with Crippen molar-refractivity contribution in [3.05, 3.63) is 50.3 Å². The van der Waals surface area contributed by atoms with Crippen molar-refractivity contribution in [3.63, 3.8) is 0 Å². The molecular weight excluding hydrogens is 248 g/mol. The molecule has 2 aromatic rings. The van der Waals surface area contributed by atoms with Gasteiger partial charge in [-0.05, 0) is 11.6 Å². The molecule has 0 unspecified atom stereocenters. The van der Waals surface area contributed by atoms with Crippen molar-refractivity contribution in [3.8, 4) is 0 Å². The molecule has 7 heteroatoms. The second-order valence-corrected chi connectivity index (χ2v) is 4.24. The van der Waals surface area contributed by atoms with E-state index in [1.807, 2.05) is 22.2 Å². The number of halogens is 1. The molecule has 5 nitrogen and oxygen atoms in total. The zero-order valence-corrected chi connectivity index (χ0v) is 9.65. The van der Waals surface area contributed by atoms with E-state index in [1.54, 1.807) is 12.3 Å². The monoisotopic (exact) mass is 254 g/mol. The van der Waals surface area contributed by atoms with Gasteiger partial charge in [-0.1, -0.05) is 22.8 Å². The smallest absolute Gasteiger partial charge is 0.214 e. The second-order valence-electron chi connectivity index (χ2n) is 2.98. The van der Waals surface area contributed by atoms with Crippen LogP contribution in [-0.4, -0.2) is 9.55 Å². The molecule has 2 rings (SSSR count). The minimum Gasteiger partial charge on any atom is -0.318 e. The first-order chi connectivity index (χ1) is 7.79. The number of rotatable bonds is 3. The number of nitroso groups, excluding NO2 is 1. The summed E-state index contributed by atoms with van der Waals surface area (Å²) in [6, 6.07) is 3.59. The summed E-state index contributed by atoms with van der Waals surface area (Å²) in [5.74, 6) is 0. The summed E-state index contributed by atoms with van der Waals surface area (Å²) in [6.45, 7) is 0.585. The first kappa shape index (κ1) is 11.0. The largest absolute Gasteiger partial charge is 0.318 e. The van der Waals surface area contributed by atoms with Crippen LogP contribution >= 0.6 is 22.9 Å². The summed E-state index contributed by atoms with van der Waals surface area (Å²) >= 11 is 7.04. The highest BCUT2D eigenvalue weighted by atomic mass is 35.5. The van der Waals surface area contributed by atoms with Gasteiger partial charge in [0, 0.05) is 17.8 Å². The van der Waals surface area contributed by atoms with Crippen molar-refractivity contribution >= 4 is 22.9 Å². The number of hydrogen-bond acceptors (Lipinski definition) is 4. The zero-order chi connectivity index (χ0) is 11.4. The average molecular weight is 255 g/mol. The molecule has 0 N–H and O–H groups in total. The molecule has 0 aliphatic heterocycles. The molecule has 0 aliphatic rings. The first-order valence-corrected chi connectivity index (χ1v) is 5.66. The van der Waals surface area contributed by atoms with Crippen LogP contribution < -0.4 is 4.80 Å². The molecule has 2 aromatic heterocycles. The molecule has 0 saturated carbocycles. The van der Waals surface area contributed by atoms with E-state index in [2.05, 4.69) is 15.4 Å². The number of thiazole rings is 1. The Balaban J connectivity index is 2.27. The molecule has 0 aliphatic carbocycles. The molecule has 0 fully saturated rings. The Labute approximate surface area is 100 Å². The van der Waals surface area contributed by atoms with E-state index in [4.69, 9.17) is 11.6 Å². The highest BCUT2D eigenvalue weighted by Gasteiger charge is 1.98. The van der Waals surface area contributed by atoms with Crippen LogP contribution in [0.3, 0.4) is 0 Å². The Morgan fingerprint density at radius 1 is 1.50 bits per heavy atom. The maximum Gasteiger partial charge on any atom is 0.214 e. The fourth-order valence-electron chi connectivity index (χ4n) is 1.23. The van der Waals surface area contributed by atoms with E-state index in [0.717, 1.165) is 5.56 Å². The third kappa shape index (κ3) is 2.53. The van der Waals surface area contributed by atoms with Crippen LogP contribution in [0.25, 0.3) is 0 Å². The second kappa shape index (κ2) is 5.00. The predicted octanol–water partition coefficient (Wildman–Crippen LogP) is 2.23. The highest BCUT2D eigenvalue weighted by molar-refractivity contribution is 7.07. The first-order valence-electron chi connectivity index (χ1n) is 4.40. The van der Waals surface area contributed by atoms with Gasteiger partial charge < -0.3 is 4.57 Å². The lowest BCUT2D eigenvalue weighted by atomic mass is 10.3. The van der Waals surface area contributed by atoms with Crippen LogP contribution in [0, 0.1) is 4.91 Å². The topological polar surface area (TPSA) is 59.6 Å². The van der Waals surface area contributed by atoms with E-state index in [0.29, 0.717) is 16.5 Å². The Morgan fingerprint density at radius 3 is 3.06 bits per heavy atom. The van der Waals surface area contributed by atoms with Crippen molar-refractivity contribution in [1.29, 1.82) is 0 Å². The Kier molecular flexibility index (Phi) is 3.43. The Bertz CT molecular complexity index is 545. The van der Waals surface area contributed by atoms with Crippen molar-refractivity contribution in [2.24, 2.45) is 10.4 Å². The number of aromatic nitrogens is 2. The molecule has 0 amide bonds. The van der Waals surface area contributed by atoms with Crippen molar-refractivity contribution in [1.82, 2.24) is 9.55 Å². The zero-order valence-electron chi connectivity index (χ0n) is 8.08. The minimum atomic E-state index is 0.457. The van der Waals surface area contributed by atoms with Crippen LogP contribution in [0.15, 0.2) is 40.3 Å². The standard InChI is InChI=1S/C9H7ClN4OS/c10-8-2-1-7(5-11-8)6-14-3-4-16-9(14)12-13-15/h1-5H,6H2/b12-9-. The lowest BCUT2D eigenvalue weighted by Crippen LogP contribution is -2.14. The lowest BCUT2D eigenvalue weighted by molar-refractivity contribution is 0.756. The van der Waals surface area contributed by atoms with Gasteiger partial charge in [-0.2, -0.15) is 0 Å². The molecule has 0 atom stereocenters. The van der Waals surface area contributed by atoms with Crippen LogP contribution in [-0.2, 0) is 6.54 Å². The predicted molar refractivity (Wildman–Crippen MR) is 62.0 cm³/mol. The third-order valence-corrected chi connectivity index (χ3v) is 2.94. The van der Waals surface area contributed by atoms with Gasteiger partial charge in [0.05, 0.1) is 11.8 Å². The third-order valence-electron chi connectivity index (χ3n) is 1.93. The lowest BCUT2D eigenvalue weighted by Gasteiger charge is -2.01. The van der Waals surface area contributed by atoms with Crippen LogP contribution in [0.5, 0.6) is 0 Å². The molecular formula is C9H7ClN4OS. The van der Waals surface area contributed by atoms with Gasteiger partial charge in [0.15, 0.2) is 0 Å². The SMILES string of the molecule is O=N/N=c1\sccn1Cc1ccc(Cl)nc1. The van der Waals surface area contributed by atoms with Gasteiger partial charge >= 0.3 is 0 Å². The summed E-state index contributed by atoms with van der Waals surface area (Å²) < 4.78 is 1.82. The minimum absolute atomic E-state index is 0.457. The molecule has 2 heterocycles. The molecule has 0 radical (unpaired) electrons. The maximum absolute atomic E-state index is 10.1. The number of nitrogens with zero attached hydrogens (tertiary/aromatic N) is 4. The van der Waals surface area contributed by atoms with Gasteiger partial charge in [-0.15, -0.1) is 16.2 Å². The molecule has 0 aromatic carbocycles. The molecule has 0 saturated heterocycles. The fourth-order valence-corrected chi connectivity index (χ4v) is 2.01. The fraction of sp³-hybridized carbons (Fsp3) is 0.111. The summed E-state index contributed by atoms with van der Waals surface area (Å²) in [7, 11) is 0. The van der Waals surface area contributed by atoms with E-state index in [9.17, 15) is 4.91 Å². The summed E-state index contributed by atoms with van der Waals surface area (Å²) in [5.41, 5.74) is 0.982. The van der Waals surface area contributed by atoms with Gasteiger partial charge in [-0.25, -0.2) is 4.98 Å². The van der Waals surface area contributed by atoms with E-state index < -0.39 is 0 Å². The van der Waals surface area contributed by atoms with Crippen LogP contribution in [0.1, 0.15) is 5.56 Å². The molecule has 0 spiro atoms. The number of pyridine rings is 1. The molecule has 16 heavy (non-hydrogen) atoms. The van der Waals surface area contributed by atoms with E-state index in [1.165, 1.54) is 11.3 Å². The van der Waals surface area contributed by atoms with Gasteiger partial charge in [-0.3, -0.25) is 0 Å². The summed E-state index contributed by atoms with van der Waals surface area (Å²) in [6.07, 6.45) is 3.52. The average Bonchev–Trinajstić information content (AvgIpc) is 2.70. The van der Waals surface area contributed by atoms with Crippen LogP contribution in [0.4, 0.5) is 0 Å². The molecule has 0 bridgehead atoms. The maximum atomic E-state index is 10.1. The Hall–Kier alpha value is -1.53. The van der Waals surface area contributed by atoms with E-state index in [-0.39, 0.29) is 0 Å².